The summed E-state index contributed by atoms with van der Waals surface area (Å²) < 4.78 is 5.35. The largest absolute Gasteiger partial charge is 0.482 e. The first-order valence-corrected chi connectivity index (χ1v) is 7.43. The van der Waals surface area contributed by atoms with Crippen molar-refractivity contribution in [3.63, 3.8) is 0 Å². The molecule has 0 spiro atoms. The van der Waals surface area contributed by atoms with Crippen molar-refractivity contribution < 1.29 is 14.3 Å². The van der Waals surface area contributed by atoms with Crippen LogP contribution in [0.2, 0.25) is 0 Å². The number of benzene rings is 1. The molecular weight excluding hydrogens is 288 g/mol. The Balaban J connectivity index is 1.66. The van der Waals surface area contributed by atoms with Gasteiger partial charge in [-0.25, -0.2) is 0 Å². The zero-order valence-corrected chi connectivity index (χ0v) is 12.1. The van der Waals surface area contributed by atoms with Gasteiger partial charge in [-0.05, 0) is 23.6 Å². The molecule has 0 unspecified atom stereocenters. The zero-order chi connectivity index (χ0) is 14.7. The Kier molecular flexibility index (Phi) is 3.87. The summed E-state index contributed by atoms with van der Waals surface area (Å²) in [4.78, 5) is 26.5. The number of amides is 2. The first-order chi connectivity index (χ1) is 10.2. The molecule has 1 aliphatic rings. The van der Waals surface area contributed by atoms with Crippen LogP contribution in [0.25, 0.3) is 0 Å². The second-order valence-electron chi connectivity index (χ2n) is 4.59. The van der Waals surface area contributed by atoms with Crippen LogP contribution < -0.4 is 15.0 Å². The highest BCUT2D eigenvalue weighted by Crippen LogP contribution is 2.31. The summed E-state index contributed by atoms with van der Waals surface area (Å²) in [6, 6.07) is 11.1. The van der Waals surface area contributed by atoms with Gasteiger partial charge in [0.1, 0.15) is 12.3 Å². The number of carbonyl (C=O) groups is 2. The monoisotopic (exact) mass is 302 g/mol. The zero-order valence-electron chi connectivity index (χ0n) is 11.2. The highest BCUT2D eigenvalue weighted by Gasteiger charge is 2.26. The van der Waals surface area contributed by atoms with E-state index in [1.54, 1.807) is 23.5 Å². The van der Waals surface area contributed by atoms with Crippen molar-refractivity contribution >= 4 is 28.8 Å². The van der Waals surface area contributed by atoms with Gasteiger partial charge in [-0.2, -0.15) is 0 Å². The minimum Gasteiger partial charge on any atom is -0.482 e. The van der Waals surface area contributed by atoms with Gasteiger partial charge in [0.05, 0.1) is 12.2 Å². The number of nitrogens with zero attached hydrogens (tertiary/aromatic N) is 1. The molecule has 3 rings (SSSR count). The highest BCUT2D eigenvalue weighted by atomic mass is 32.1. The van der Waals surface area contributed by atoms with Gasteiger partial charge < -0.3 is 10.1 Å². The minimum atomic E-state index is -0.208. The van der Waals surface area contributed by atoms with E-state index in [2.05, 4.69) is 5.32 Å². The van der Waals surface area contributed by atoms with Crippen LogP contribution in [0.3, 0.4) is 0 Å². The molecule has 0 saturated heterocycles. The summed E-state index contributed by atoms with van der Waals surface area (Å²) in [5, 5.41) is 4.78. The maximum absolute atomic E-state index is 12.0. The van der Waals surface area contributed by atoms with Crippen molar-refractivity contribution in [1.29, 1.82) is 0 Å². The molecule has 1 aromatic heterocycles. The summed E-state index contributed by atoms with van der Waals surface area (Å²) in [5.41, 5.74) is 0.639. The fourth-order valence-electron chi connectivity index (χ4n) is 2.13. The number of thiophene rings is 1. The SMILES string of the molecule is O=C(CN1C(=O)COc2ccccc21)NCc1cccs1. The molecule has 0 fully saturated rings. The van der Waals surface area contributed by atoms with Crippen molar-refractivity contribution in [1.82, 2.24) is 5.32 Å². The van der Waals surface area contributed by atoms with Crippen molar-refractivity contribution in [3.8, 4) is 5.75 Å². The van der Waals surface area contributed by atoms with E-state index in [4.69, 9.17) is 4.74 Å². The normalized spacial score (nSPS) is 13.5. The van der Waals surface area contributed by atoms with E-state index in [9.17, 15) is 9.59 Å². The number of hydrogen-bond acceptors (Lipinski definition) is 4. The molecule has 2 aromatic rings. The molecule has 1 aromatic carbocycles. The fourth-order valence-corrected chi connectivity index (χ4v) is 2.77. The number of hydrogen-bond donors (Lipinski definition) is 1. The molecule has 0 bridgehead atoms. The maximum Gasteiger partial charge on any atom is 0.265 e. The summed E-state index contributed by atoms with van der Waals surface area (Å²) in [7, 11) is 0. The van der Waals surface area contributed by atoms with Gasteiger partial charge in [0, 0.05) is 4.88 Å². The van der Waals surface area contributed by atoms with Crippen molar-refractivity contribution in [2.24, 2.45) is 0 Å². The number of ether oxygens (including phenoxy) is 1. The standard InChI is InChI=1S/C15H14N2O3S/c18-14(16-8-11-4-3-7-21-11)9-17-12-5-1-2-6-13(12)20-10-15(17)19/h1-7H,8-10H2,(H,16,18). The smallest absolute Gasteiger partial charge is 0.265 e. The summed E-state index contributed by atoms with van der Waals surface area (Å²) >= 11 is 1.58. The average Bonchev–Trinajstić information content (AvgIpc) is 3.01. The Hall–Kier alpha value is -2.34. The topological polar surface area (TPSA) is 58.6 Å². The van der Waals surface area contributed by atoms with E-state index in [-0.39, 0.29) is 25.0 Å². The molecule has 0 radical (unpaired) electrons. The Morgan fingerprint density at radius 1 is 1.29 bits per heavy atom. The summed E-state index contributed by atoms with van der Waals surface area (Å²) in [6.07, 6.45) is 0. The molecule has 108 valence electrons. The molecule has 2 amide bonds. The van der Waals surface area contributed by atoms with Crippen molar-refractivity contribution in [3.05, 3.63) is 46.7 Å². The van der Waals surface area contributed by atoms with Gasteiger partial charge in [-0.15, -0.1) is 11.3 Å². The average molecular weight is 302 g/mol. The predicted octanol–water partition coefficient (Wildman–Crippen LogP) is 1.79. The Morgan fingerprint density at radius 3 is 2.95 bits per heavy atom. The molecule has 5 nitrogen and oxygen atoms in total. The summed E-state index contributed by atoms with van der Waals surface area (Å²) in [5.74, 6) is 0.233. The van der Waals surface area contributed by atoms with Gasteiger partial charge >= 0.3 is 0 Å². The number of para-hydroxylation sites is 2. The molecule has 1 N–H and O–H groups in total. The molecule has 2 heterocycles. The number of rotatable bonds is 4. The highest BCUT2D eigenvalue weighted by molar-refractivity contribution is 7.09. The van der Waals surface area contributed by atoms with Crippen LogP contribution in [0.5, 0.6) is 5.75 Å². The lowest BCUT2D eigenvalue weighted by Crippen LogP contribution is -2.44. The van der Waals surface area contributed by atoms with E-state index < -0.39 is 0 Å². The van der Waals surface area contributed by atoms with E-state index in [1.807, 2.05) is 29.6 Å². The first kappa shape index (κ1) is 13.6. The van der Waals surface area contributed by atoms with Gasteiger partial charge in [0.25, 0.3) is 5.91 Å². The second-order valence-corrected chi connectivity index (χ2v) is 5.62. The van der Waals surface area contributed by atoms with E-state index in [0.717, 1.165) is 4.88 Å². The summed E-state index contributed by atoms with van der Waals surface area (Å²) in [6.45, 7) is 0.455. The quantitative estimate of drug-likeness (QED) is 0.937. The maximum atomic E-state index is 12.0. The van der Waals surface area contributed by atoms with Crippen LogP contribution >= 0.6 is 11.3 Å². The number of carbonyl (C=O) groups excluding carboxylic acids is 2. The van der Waals surface area contributed by atoms with Gasteiger partial charge in [0.2, 0.25) is 5.91 Å². The van der Waals surface area contributed by atoms with Gasteiger partial charge in [-0.3, -0.25) is 14.5 Å². The van der Waals surface area contributed by atoms with Crippen LogP contribution in [0.15, 0.2) is 41.8 Å². The lowest BCUT2D eigenvalue weighted by atomic mass is 10.2. The van der Waals surface area contributed by atoms with E-state index in [0.29, 0.717) is 18.0 Å². The number of nitrogens with one attached hydrogen (secondary N) is 1. The molecule has 0 saturated carbocycles. The Morgan fingerprint density at radius 2 is 2.14 bits per heavy atom. The minimum absolute atomic E-state index is 0.00455. The fraction of sp³-hybridized carbons (Fsp3) is 0.200. The van der Waals surface area contributed by atoms with E-state index >= 15 is 0 Å². The molecule has 0 aliphatic carbocycles. The Labute approximate surface area is 126 Å². The molecule has 21 heavy (non-hydrogen) atoms. The first-order valence-electron chi connectivity index (χ1n) is 6.55. The van der Waals surface area contributed by atoms with Crippen LogP contribution in [0.1, 0.15) is 4.88 Å². The third-order valence-corrected chi connectivity index (χ3v) is 4.03. The molecule has 0 atom stereocenters. The molecule has 6 heteroatoms. The van der Waals surface area contributed by atoms with Gasteiger partial charge in [0.15, 0.2) is 6.61 Å². The van der Waals surface area contributed by atoms with Crippen LogP contribution in [-0.2, 0) is 16.1 Å². The third-order valence-electron chi connectivity index (χ3n) is 3.15. The van der Waals surface area contributed by atoms with Crippen LogP contribution in [0, 0.1) is 0 Å². The number of fused-ring (bicyclic) bond motifs is 1. The van der Waals surface area contributed by atoms with Crippen molar-refractivity contribution in [2.45, 2.75) is 6.54 Å². The predicted molar refractivity (Wildman–Crippen MR) is 80.5 cm³/mol. The van der Waals surface area contributed by atoms with Crippen LogP contribution in [0.4, 0.5) is 5.69 Å². The van der Waals surface area contributed by atoms with Crippen molar-refractivity contribution in [2.75, 3.05) is 18.1 Å². The second kappa shape index (κ2) is 5.97. The lowest BCUT2D eigenvalue weighted by molar-refractivity contribution is -0.125. The number of anilines is 1. The van der Waals surface area contributed by atoms with E-state index in [1.165, 1.54) is 4.90 Å². The third kappa shape index (κ3) is 3.05. The van der Waals surface area contributed by atoms with Crippen LogP contribution in [-0.4, -0.2) is 25.0 Å². The lowest BCUT2D eigenvalue weighted by Gasteiger charge is -2.28. The van der Waals surface area contributed by atoms with Gasteiger partial charge in [-0.1, -0.05) is 18.2 Å². The Bertz CT molecular complexity index is 655. The molecule has 1 aliphatic heterocycles. The molecular formula is C15H14N2O3S.